The molecule has 4 nitrogen and oxygen atoms in total. The molecule has 0 bridgehead atoms. The third-order valence-electron chi connectivity index (χ3n) is 5.04. The van der Waals surface area contributed by atoms with Gasteiger partial charge in [-0.2, -0.15) is 0 Å². The van der Waals surface area contributed by atoms with Crippen molar-refractivity contribution in [1.29, 1.82) is 0 Å². The van der Waals surface area contributed by atoms with Gasteiger partial charge >= 0.3 is 0 Å². The summed E-state index contributed by atoms with van der Waals surface area (Å²) in [4.78, 5) is 9.63. The Morgan fingerprint density at radius 1 is 1.21 bits per heavy atom. The first-order valence-corrected chi connectivity index (χ1v) is 9.68. The van der Waals surface area contributed by atoms with E-state index in [1.807, 2.05) is 0 Å². The number of nitrogens with zero attached hydrogens (tertiary/aromatic N) is 3. The minimum Gasteiger partial charge on any atom is -0.370 e. The molecule has 0 radical (unpaired) electrons. The van der Waals surface area contributed by atoms with E-state index < -0.39 is 0 Å². The van der Waals surface area contributed by atoms with Crippen LogP contribution in [0.3, 0.4) is 0 Å². The summed E-state index contributed by atoms with van der Waals surface area (Å²) in [5, 5.41) is 3.34. The number of aryl methyl sites for hydroxylation is 1. The second-order valence-electron chi connectivity index (χ2n) is 6.96. The number of para-hydroxylation sites is 1. The number of piperidine rings is 1. The van der Waals surface area contributed by atoms with Gasteiger partial charge in [0.2, 0.25) is 0 Å². The lowest BCUT2D eigenvalue weighted by atomic mass is 9.90. The molecule has 0 saturated carbocycles. The maximum Gasteiger partial charge on any atom is 0.0983 e. The summed E-state index contributed by atoms with van der Waals surface area (Å²) < 4.78 is 6.33. The van der Waals surface area contributed by atoms with E-state index in [4.69, 9.17) is 4.74 Å². The maximum absolute atomic E-state index is 6.33. The highest BCUT2D eigenvalue weighted by Gasteiger charge is 2.40. The van der Waals surface area contributed by atoms with Crippen molar-refractivity contribution in [3.8, 4) is 0 Å². The van der Waals surface area contributed by atoms with Gasteiger partial charge in [-0.1, -0.05) is 18.2 Å². The van der Waals surface area contributed by atoms with Crippen LogP contribution in [-0.2, 0) is 11.3 Å². The average Bonchev–Trinajstić information content (AvgIpc) is 3.01. The van der Waals surface area contributed by atoms with E-state index in [0.717, 1.165) is 50.8 Å². The fourth-order valence-electron chi connectivity index (χ4n) is 3.97. The summed E-state index contributed by atoms with van der Waals surface area (Å²) in [7, 11) is 0. The van der Waals surface area contributed by atoms with E-state index in [9.17, 15) is 0 Å². The molecule has 1 aromatic carbocycles. The molecule has 1 atom stereocenters. The molecule has 2 saturated heterocycles. The topological polar surface area (TPSA) is 28.6 Å². The summed E-state index contributed by atoms with van der Waals surface area (Å²) in [5.74, 6) is 0. The number of morpholine rings is 1. The Balaban J connectivity index is 1.45. The summed E-state index contributed by atoms with van der Waals surface area (Å²) in [6.07, 6.45) is 2.35. The number of hydrogen-bond acceptors (Lipinski definition) is 5. The van der Waals surface area contributed by atoms with Gasteiger partial charge in [0.25, 0.3) is 0 Å². The molecular formula is C19H25N3OS. The predicted molar refractivity (Wildman–Crippen MR) is 98.7 cm³/mol. The highest BCUT2D eigenvalue weighted by Crippen LogP contribution is 2.32. The normalized spacial score (nSPS) is 25.3. The van der Waals surface area contributed by atoms with E-state index >= 15 is 0 Å². The lowest BCUT2D eigenvalue weighted by Gasteiger charge is -2.48. The lowest BCUT2D eigenvalue weighted by Crippen LogP contribution is -2.59. The average molecular weight is 343 g/mol. The van der Waals surface area contributed by atoms with Crippen molar-refractivity contribution in [3.05, 3.63) is 46.4 Å². The summed E-state index contributed by atoms with van der Waals surface area (Å²) in [6, 6.07) is 10.7. The number of benzene rings is 1. The summed E-state index contributed by atoms with van der Waals surface area (Å²) in [6.45, 7) is 7.97. The van der Waals surface area contributed by atoms with Gasteiger partial charge < -0.3 is 9.64 Å². The van der Waals surface area contributed by atoms with Gasteiger partial charge in [0.1, 0.15) is 0 Å². The molecule has 1 aromatic heterocycles. The Bertz CT molecular complexity index is 670. The van der Waals surface area contributed by atoms with Crippen LogP contribution in [0, 0.1) is 6.92 Å². The SMILES string of the molecule is Cc1nc(CN2CCO[C@]3(CCCN(c4ccccc4)C3)C2)cs1. The molecule has 2 aliphatic rings. The van der Waals surface area contributed by atoms with Crippen LogP contribution in [0.4, 0.5) is 5.69 Å². The Morgan fingerprint density at radius 2 is 2.08 bits per heavy atom. The number of aromatic nitrogens is 1. The predicted octanol–water partition coefficient (Wildman–Crippen LogP) is 3.32. The highest BCUT2D eigenvalue weighted by atomic mass is 32.1. The number of thiazole rings is 1. The van der Waals surface area contributed by atoms with E-state index in [-0.39, 0.29) is 5.60 Å². The van der Waals surface area contributed by atoms with Crippen LogP contribution in [0.5, 0.6) is 0 Å². The standard InChI is InChI=1S/C19H25N3OS/c1-16-20-17(13-24-16)12-21-10-11-23-19(14-21)8-5-9-22(15-19)18-6-3-2-4-7-18/h2-4,6-7,13H,5,8-12,14-15H2,1H3/t19-/m1/s1. The minimum atomic E-state index is -0.0303. The largest absolute Gasteiger partial charge is 0.370 e. The van der Waals surface area contributed by atoms with Crippen molar-refractivity contribution in [1.82, 2.24) is 9.88 Å². The van der Waals surface area contributed by atoms with Crippen LogP contribution in [-0.4, -0.2) is 48.3 Å². The molecule has 0 N–H and O–H groups in total. The van der Waals surface area contributed by atoms with Gasteiger partial charge in [-0.15, -0.1) is 11.3 Å². The Kier molecular flexibility index (Phi) is 4.57. The van der Waals surface area contributed by atoms with E-state index in [0.29, 0.717) is 0 Å². The number of ether oxygens (including phenoxy) is 1. The molecule has 128 valence electrons. The van der Waals surface area contributed by atoms with Crippen LogP contribution >= 0.6 is 11.3 Å². The van der Waals surface area contributed by atoms with Gasteiger partial charge in [0.05, 0.1) is 22.9 Å². The maximum atomic E-state index is 6.33. The van der Waals surface area contributed by atoms with E-state index in [1.54, 1.807) is 11.3 Å². The first-order valence-electron chi connectivity index (χ1n) is 8.80. The van der Waals surface area contributed by atoms with Crippen molar-refractivity contribution < 1.29 is 4.74 Å². The second kappa shape index (κ2) is 6.82. The highest BCUT2D eigenvalue weighted by molar-refractivity contribution is 7.09. The molecule has 2 aromatic rings. The third-order valence-corrected chi connectivity index (χ3v) is 5.86. The van der Waals surface area contributed by atoms with Crippen molar-refractivity contribution in [2.75, 3.05) is 37.7 Å². The Labute approximate surface area is 148 Å². The molecule has 2 aliphatic heterocycles. The van der Waals surface area contributed by atoms with Crippen molar-refractivity contribution in [3.63, 3.8) is 0 Å². The lowest BCUT2D eigenvalue weighted by molar-refractivity contribution is -0.116. The molecular weight excluding hydrogens is 318 g/mol. The van der Waals surface area contributed by atoms with Gasteiger partial charge in [-0.3, -0.25) is 4.90 Å². The van der Waals surface area contributed by atoms with Crippen molar-refractivity contribution in [2.45, 2.75) is 31.9 Å². The quantitative estimate of drug-likeness (QED) is 0.855. The molecule has 5 heteroatoms. The van der Waals surface area contributed by atoms with Gasteiger partial charge in [-0.05, 0) is 31.9 Å². The number of anilines is 1. The fraction of sp³-hybridized carbons (Fsp3) is 0.526. The molecule has 0 aliphatic carbocycles. The van der Waals surface area contributed by atoms with Gasteiger partial charge in [0, 0.05) is 43.8 Å². The second-order valence-corrected chi connectivity index (χ2v) is 8.02. The first-order chi connectivity index (χ1) is 11.7. The Morgan fingerprint density at radius 3 is 2.88 bits per heavy atom. The van der Waals surface area contributed by atoms with Gasteiger partial charge in [0.15, 0.2) is 0 Å². The summed E-state index contributed by atoms with van der Waals surface area (Å²) in [5.41, 5.74) is 2.48. The monoisotopic (exact) mass is 343 g/mol. The third kappa shape index (κ3) is 3.48. The smallest absolute Gasteiger partial charge is 0.0983 e. The number of hydrogen-bond donors (Lipinski definition) is 0. The molecule has 24 heavy (non-hydrogen) atoms. The van der Waals surface area contributed by atoms with Crippen LogP contribution in [0.1, 0.15) is 23.5 Å². The molecule has 1 spiro atoms. The zero-order valence-electron chi connectivity index (χ0n) is 14.3. The van der Waals surface area contributed by atoms with Crippen LogP contribution in [0.2, 0.25) is 0 Å². The molecule has 2 fully saturated rings. The van der Waals surface area contributed by atoms with Crippen LogP contribution < -0.4 is 4.90 Å². The van der Waals surface area contributed by atoms with Gasteiger partial charge in [-0.25, -0.2) is 4.98 Å². The van der Waals surface area contributed by atoms with E-state index in [2.05, 4.69) is 57.4 Å². The zero-order chi connectivity index (χ0) is 16.4. The zero-order valence-corrected chi connectivity index (χ0v) is 15.1. The van der Waals surface area contributed by atoms with Crippen molar-refractivity contribution in [2.24, 2.45) is 0 Å². The molecule has 0 amide bonds. The Hall–Kier alpha value is -1.43. The fourth-order valence-corrected chi connectivity index (χ4v) is 4.58. The van der Waals surface area contributed by atoms with Crippen LogP contribution in [0.15, 0.2) is 35.7 Å². The first kappa shape index (κ1) is 16.1. The molecule has 0 unspecified atom stereocenters. The van der Waals surface area contributed by atoms with Crippen LogP contribution in [0.25, 0.3) is 0 Å². The molecule has 3 heterocycles. The minimum absolute atomic E-state index is 0.0303. The number of rotatable bonds is 3. The molecule has 4 rings (SSSR count). The van der Waals surface area contributed by atoms with Crippen molar-refractivity contribution >= 4 is 17.0 Å². The summed E-state index contributed by atoms with van der Waals surface area (Å²) >= 11 is 1.74. The van der Waals surface area contributed by atoms with E-state index in [1.165, 1.54) is 17.8 Å².